The Bertz CT molecular complexity index is 746. The van der Waals surface area contributed by atoms with Crippen LogP contribution < -0.4 is 9.62 Å². The first-order valence-corrected chi connectivity index (χ1v) is 10.7. The van der Waals surface area contributed by atoms with Gasteiger partial charge in [0.1, 0.15) is 6.04 Å². The van der Waals surface area contributed by atoms with Crippen molar-refractivity contribution in [2.75, 3.05) is 17.1 Å². The molecule has 0 fully saturated rings. The Morgan fingerprint density at radius 1 is 1.36 bits per heavy atom. The van der Waals surface area contributed by atoms with E-state index in [1.54, 1.807) is 31.2 Å². The number of hydrogen-bond donors (Lipinski definition) is 1. The van der Waals surface area contributed by atoms with Crippen LogP contribution in [0.15, 0.2) is 35.9 Å². The predicted molar refractivity (Wildman–Crippen MR) is 102 cm³/mol. The monoisotopic (exact) mass is 384 g/mol. The topological polar surface area (TPSA) is 66.5 Å². The molecular weight excluding hydrogens is 360 g/mol. The largest absolute Gasteiger partial charge is 0.354 e. The zero-order chi connectivity index (χ0) is 18.4. The lowest BCUT2D eigenvalue weighted by atomic mass is 9.97. The maximum absolute atomic E-state index is 12.5. The first-order valence-electron chi connectivity index (χ1n) is 8.49. The van der Waals surface area contributed by atoms with Gasteiger partial charge in [-0.1, -0.05) is 29.3 Å². The summed E-state index contributed by atoms with van der Waals surface area (Å²) in [5.41, 5.74) is 1.75. The van der Waals surface area contributed by atoms with Gasteiger partial charge in [-0.15, -0.1) is 0 Å². The summed E-state index contributed by atoms with van der Waals surface area (Å²) < 4.78 is 25.5. The minimum Gasteiger partial charge on any atom is -0.354 e. The molecule has 1 N–H and O–H groups in total. The molecule has 0 saturated carbocycles. The summed E-state index contributed by atoms with van der Waals surface area (Å²) in [4.78, 5) is 12.5. The summed E-state index contributed by atoms with van der Waals surface area (Å²) in [6, 6.07) is 5.64. The van der Waals surface area contributed by atoms with Gasteiger partial charge in [-0.3, -0.25) is 9.10 Å². The number of amides is 1. The number of carbonyl (C=O) groups excluding carboxylic acids is 1. The third-order valence-electron chi connectivity index (χ3n) is 4.28. The molecule has 0 unspecified atom stereocenters. The van der Waals surface area contributed by atoms with Gasteiger partial charge in [0, 0.05) is 11.6 Å². The molecule has 5 nitrogen and oxygen atoms in total. The molecule has 1 amide bonds. The molecule has 1 aromatic rings. The molecule has 0 saturated heterocycles. The molecule has 7 heteroatoms. The van der Waals surface area contributed by atoms with Crippen LogP contribution in [0, 0.1) is 0 Å². The van der Waals surface area contributed by atoms with Gasteiger partial charge in [0.25, 0.3) is 0 Å². The van der Waals surface area contributed by atoms with Gasteiger partial charge >= 0.3 is 0 Å². The minimum absolute atomic E-state index is 0.318. The quantitative estimate of drug-likeness (QED) is 0.731. The SMILES string of the molecule is C[C@@H](C(=O)NCCC1=CCCCC1)N(c1cccc(Cl)c1)S(C)(=O)=O. The van der Waals surface area contributed by atoms with Gasteiger partial charge in [0.05, 0.1) is 11.9 Å². The van der Waals surface area contributed by atoms with Crippen molar-refractivity contribution in [3.8, 4) is 0 Å². The van der Waals surface area contributed by atoms with Gasteiger partial charge in [0.15, 0.2) is 0 Å². The molecule has 1 aliphatic rings. The van der Waals surface area contributed by atoms with Crippen molar-refractivity contribution in [3.63, 3.8) is 0 Å². The molecule has 1 atom stereocenters. The van der Waals surface area contributed by atoms with Gasteiger partial charge < -0.3 is 5.32 Å². The number of allylic oxidation sites excluding steroid dienone is 1. The minimum atomic E-state index is -3.62. The zero-order valence-electron chi connectivity index (χ0n) is 14.7. The number of hydrogen-bond acceptors (Lipinski definition) is 3. The number of anilines is 1. The van der Waals surface area contributed by atoms with Crippen molar-refractivity contribution in [1.82, 2.24) is 5.32 Å². The molecule has 0 aromatic heterocycles. The summed E-state index contributed by atoms with van der Waals surface area (Å²) in [6.07, 6.45) is 8.77. The van der Waals surface area contributed by atoms with Crippen molar-refractivity contribution < 1.29 is 13.2 Å². The van der Waals surface area contributed by atoms with E-state index in [0.29, 0.717) is 17.3 Å². The van der Waals surface area contributed by atoms with Crippen LogP contribution in [0.2, 0.25) is 5.02 Å². The Hall–Kier alpha value is -1.53. The van der Waals surface area contributed by atoms with Crippen molar-refractivity contribution in [1.29, 1.82) is 0 Å². The van der Waals surface area contributed by atoms with Crippen molar-refractivity contribution >= 4 is 33.2 Å². The normalized spacial score (nSPS) is 16.0. The van der Waals surface area contributed by atoms with Crippen LogP contribution in [-0.2, 0) is 14.8 Å². The second-order valence-electron chi connectivity index (χ2n) is 6.36. The molecule has 0 aliphatic heterocycles. The van der Waals surface area contributed by atoms with Crippen molar-refractivity contribution in [3.05, 3.63) is 40.9 Å². The van der Waals surface area contributed by atoms with Gasteiger partial charge in [0.2, 0.25) is 15.9 Å². The lowest BCUT2D eigenvalue weighted by Gasteiger charge is -2.28. The van der Waals surface area contributed by atoms with E-state index < -0.39 is 16.1 Å². The van der Waals surface area contributed by atoms with Crippen LogP contribution >= 0.6 is 11.6 Å². The Morgan fingerprint density at radius 2 is 2.12 bits per heavy atom. The van der Waals surface area contributed by atoms with Crippen molar-refractivity contribution in [2.24, 2.45) is 0 Å². The molecule has 0 spiro atoms. The molecule has 0 heterocycles. The molecule has 25 heavy (non-hydrogen) atoms. The summed E-state index contributed by atoms with van der Waals surface area (Å²) in [5.74, 6) is -0.318. The van der Waals surface area contributed by atoms with E-state index in [0.717, 1.165) is 29.8 Å². The molecular formula is C18H25ClN2O3S. The van der Waals surface area contributed by atoms with Gasteiger partial charge in [-0.25, -0.2) is 8.42 Å². The Balaban J connectivity index is 2.04. The highest BCUT2D eigenvalue weighted by Crippen LogP contribution is 2.24. The van der Waals surface area contributed by atoms with Gasteiger partial charge in [-0.05, 0) is 57.2 Å². The molecule has 0 bridgehead atoms. The van der Waals surface area contributed by atoms with Crippen LogP contribution in [0.3, 0.4) is 0 Å². The van der Waals surface area contributed by atoms with Crippen LogP contribution in [0.5, 0.6) is 0 Å². The van der Waals surface area contributed by atoms with E-state index in [-0.39, 0.29) is 5.91 Å². The third kappa shape index (κ3) is 5.75. The maximum atomic E-state index is 12.5. The van der Waals surface area contributed by atoms with E-state index >= 15 is 0 Å². The maximum Gasteiger partial charge on any atom is 0.243 e. The number of nitrogens with zero attached hydrogens (tertiary/aromatic N) is 1. The molecule has 138 valence electrons. The Labute approximate surface area is 155 Å². The lowest BCUT2D eigenvalue weighted by molar-refractivity contribution is -0.121. The average Bonchev–Trinajstić information content (AvgIpc) is 2.54. The van der Waals surface area contributed by atoms with Crippen molar-refractivity contribution in [2.45, 2.75) is 45.1 Å². The predicted octanol–water partition coefficient (Wildman–Crippen LogP) is 3.50. The average molecular weight is 385 g/mol. The summed E-state index contributed by atoms with van der Waals surface area (Å²) in [7, 11) is -3.62. The highest BCUT2D eigenvalue weighted by molar-refractivity contribution is 7.92. The Morgan fingerprint density at radius 3 is 2.72 bits per heavy atom. The number of carbonyl (C=O) groups is 1. The number of halogens is 1. The summed E-state index contributed by atoms with van der Waals surface area (Å²) in [5, 5.41) is 3.27. The standard InChI is InChI=1S/C18H25ClN2O3S/c1-14(18(22)20-12-11-15-7-4-3-5-8-15)21(25(2,23)24)17-10-6-9-16(19)13-17/h6-7,9-10,13-14H,3-5,8,11-12H2,1-2H3,(H,20,22)/t14-/m0/s1. The van der Waals surface area contributed by atoms with Crippen LogP contribution in [0.1, 0.15) is 39.0 Å². The highest BCUT2D eigenvalue weighted by atomic mass is 35.5. The fraction of sp³-hybridized carbons (Fsp3) is 0.500. The smallest absolute Gasteiger partial charge is 0.243 e. The molecule has 1 aromatic carbocycles. The fourth-order valence-electron chi connectivity index (χ4n) is 3.05. The molecule has 0 radical (unpaired) electrons. The van der Waals surface area contributed by atoms with E-state index in [1.165, 1.54) is 18.4 Å². The first-order chi connectivity index (χ1) is 11.8. The highest BCUT2D eigenvalue weighted by Gasteiger charge is 2.29. The second-order valence-corrected chi connectivity index (χ2v) is 8.66. The summed E-state index contributed by atoms with van der Waals surface area (Å²) in [6.45, 7) is 2.10. The van der Waals surface area contributed by atoms with E-state index in [9.17, 15) is 13.2 Å². The molecule has 1 aliphatic carbocycles. The van der Waals surface area contributed by atoms with Crippen LogP contribution in [-0.4, -0.2) is 33.2 Å². The first kappa shape index (κ1) is 19.8. The lowest BCUT2D eigenvalue weighted by Crippen LogP contribution is -2.48. The van der Waals surface area contributed by atoms with E-state index in [2.05, 4.69) is 11.4 Å². The zero-order valence-corrected chi connectivity index (χ0v) is 16.2. The number of rotatable bonds is 7. The van der Waals surface area contributed by atoms with Gasteiger partial charge in [-0.2, -0.15) is 0 Å². The molecule has 2 rings (SSSR count). The summed E-state index contributed by atoms with van der Waals surface area (Å²) >= 11 is 5.96. The van der Waals surface area contributed by atoms with E-state index in [1.807, 2.05) is 0 Å². The third-order valence-corrected chi connectivity index (χ3v) is 5.76. The number of sulfonamides is 1. The fourth-order valence-corrected chi connectivity index (χ4v) is 4.40. The Kier molecular flexibility index (Phi) is 6.90. The van der Waals surface area contributed by atoms with Crippen LogP contribution in [0.25, 0.3) is 0 Å². The second kappa shape index (κ2) is 8.72. The van der Waals surface area contributed by atoms with Crippen LogP contribution in [0.4, 0.5) is 5.69 Å². The number of nitrogens with one attached hydrogen (secondary N) is 1. The number of benzene rings is 1. The van der Waals surface area contributed by atoms with E-state index in [4.69, 9.17) is 11.6 Å².